The van der Waals surface area contributed by atoms with Crippen LogP contribution in [0.2, 0.25) is 0 Å². The second-order valence-corrected chi connectivity index (χ2v) is 11.8. The summed E-state index contributed by atoms with van der Waals surface area (Å²) in [7, 11) is 0. The SMILES string of the molecule is CC(C)(C)N1CC1c1ccc(-n2c3ccccc3c3ccc4c(c5ccccc5n4-c4ccccc4)c32)cc1. The van der Waals surface area contributed by atoms with Crippen molar-refractivity contribution in [1.82, 2.24) is 14.0 Å². The van der Waals surface area contributed by atoms with Crippen LogP contribution >= 0.6 is 0 Å². The van der Waals surface area contributed by atoms with Gasteiger partial charge in [0.1, 0.15) is 0 Å². The number of para-hydroxylation sites is 3. The third-order valence-corrected chi connectivity index (χ3v) is 8.49. The summed E-state index contributed by atoms with van der Waals surface area (Å²) >= 11 is 0. The first-order chi connectivity index (χ1) is 19.0. The van der Waals surface area contributed by atoms with E-state index in [0.717, 1.165) is 6.54 Å². The zero-order valence-corrected chi connectivity index (χ0v) is 22.6. The van der Waals surface area contributed by atoms with E-state index in [1.165, 1.54) is 60.5 Å². The van der Waals surface area contributed by atoms with Crippen LogP contribution in [0, 0.1) is 0 Å². The zero-order chi connectivity index (χ0) is 26.3. The fourth-order valence-electron chi connectivity index (χ4n) is 6.64. The van der Waals surface area contributed by atoms with Gasteiger partial charge in [-0.3, -0.25) is 4.90 Å². The molecule has 3 nitrogen and oxygen atoms in total. The Morgan fingerprint density at radius 3 is 1.85 bits per heavy atom. The van der Waals surface area contributed by atoms with Gasteiger partial charge < -0.3 is 9.13 Å². The minimum absolute atomic E-state index is 0.203. The minimum Gasteiger partial charge on any atom is -0.309 e. The summed E-state index contributed by atoms with van der Waals surface area (Å²) < 4.78 is 4.89. The molecule has 0 radical (unpaired) electrons. The van der Waals surface area contributed by atoms with Crippen molar-refractivity contribution in [2.24, 2.45) is 0 Å². The third-order valence-electron chi connectivity index (χ3n) is 8.49. The largest absolute Gasteiger partial charge is 0.309 e. The van der Waals surface area contributed by atoms with Crippen molar-refractivity contribution in [3.8, 4) is 11.4 Å². The lowest BCUT2D eigenvalue weighted by molar-refractivity contribution is 0.287. The first-order valence-corrected chi connectivity index (χ1v) is 13.9. The highest BCUT2D eigenvalue weighted by Gasteiger charge is 2.42. The maximum absolute atomic E-state index is 2.56. The normalized spacial score (nSPS) is 17.5. The highest BCUT2D eigenvalue weighted by Crippen LogP contribution is 2.43. The van der Waals surface area contributed by atoms with Gasteiger partial charge >= 0.3 is 0 Å². The molecular formula is C36H31N3. The Morgan fingerprint density at radius 2 is 1.15 bits per heavy atom. The van der Waals surface area contributed by atoms with Crippen LogP contribution in [0.1, 0.15) is 32.4 Å². The molecule has 5 aromatic carbocycles. The Labute approximate surface area is 228 Å². The summed E-state index contributed by atoms with van der Waals surface area (Å²) in [6.07, 6.45) is 0. The molecule has 2 aromatic heterocycles. The van der Waals surface area contributed by atoms with Crippen molar-refractivity contribution in [1.29, 1.82) is 0 Å². The predicted molar refractivity (Wildman–Crippen MR) is 164 cm³/mol. The molecule has 1 aliphatic heterocycles. The van der Waals surface area contributed by atoms with Crippen molar-refractivity contribution < 1.29 is 0 Å². The van der Waals surface area contributed by atoms with Crippen LogP contribution in [0.15, 0.2) is 115 Å². The summed E-state index contributed by atoms with van der Waals surface area (Å²) in [5.41, 5.74) is 8.97. The molecule has 0 N–H and O–H groups in total. The molecule has 7 aromatic rings. The predicted octanol–water partition coefficient (Wildman–Crippen LogP) is 9.04. The molecule has 3 heterocycles. The van der Waals surface area contributed by atoms with Crippen LogP contribution in [-0.4, -0.2) is 26.1 Å². The van der Waals surface area contributed by atoms with E-state index < -0.39 is 0 Å². The molecule has 2 unspecified atom stereocenters. The quantitative estimate of drug-likeness (QED) is 0.218. The van der Waals surface area contributed by atoms with Crippen LogP contribution in [0.5, 0.6) is 0 Å². The Balaban J connectivity index is 1.43. The molecular weight excluding hydrogens is 474 g/mol. The standard InChI is InChI=1S/C36H31N3/c1-36(2,3)37-23-33(37)24-17-19-26(20-18-24)39-30-15-9-7-13-27(30)28-21-22-32-34(35(28)39)29-14-8-10-16-31(29)38(32)25-11-5-4-6-12-25/h4-22,33H,23H2,1-3H3. The van der Waals surface area contributed by atoms with Crippen LogP contribution in [0.25, 0.3) is 55.0 Å². The van der Waals surface area contributed by atoms with Crippen molar-refractivity contribution in [3.05, 3.63) is 121 Å². The monoisotopic (exact) mass is 505 g/mol. The van der Waals surface area contributed by atoms with Crippen LogP contribution in [-0.2, 0) is 0 Å². The smallest absolute Gasteiger partial charge is 0.0641 e. The molecule has 0 saturated carbocycles. The number of aromatic nitrogens is 2. The number of hydrogen-bond acceptors (Lipinski definition) is 1. The molecule has 8 rings (SSSR count). The maximum atomic E-state index is 2.56. The van der Waals surface area contributed by atoms with Crippen molar-refractivity contribution in [2.45, 2.75) is 32.4 Å². The molecule has 1 aliphatic rings. The van der Waals surface area contributed by atoms with Crippen molar-refractivity contribution in [3.63, 3.8) is 0 Å². The first-order valence-electron chi connectivity index (χ1n) is 13.9. The molecule has 0 amide bonds. The molecule has 0 bridgehead atoms. The van der Waals surface area contributed by atoms with Gasteiger partial charge in [0.05, 0.1) is 22.1 Å². The van der Waals surface area contributed by atoms with E-state index in [1.807, 2.05) is 0 Å². The van der Waals surface area contributed by atoms with E-state index in [2.05, 4.69) is 150 Å². The lowest BCUT2D eigenvalue weighted by Gasteiger charge is -2.21. The lowest BCUT2D eigenvalue weighted by Crippen LogP contribution is -2.25. The molecule has 190 valence electrons. The molecule has 0 spiro atoms. The number of benzene rings is 5. The Kier molecular flexibility index (Phi) is 4.69. The van der Waals surface area contributed by atoms with E-state index >= 15 is 0 Å². The summed E-state index contributed by atoms with van der Waals surface area (Å²) in [4.78, 5) is 2.56. The van der Waals surface area contributed by atoms with Gasteiger partial charge in [-0.25, -0.2) is 0 Å². The average Bonchev–Trinajstić information content (AvgIpc) is 3.62. The topological polar surface area (TPSA) is 12.9 Å². The summed E-state index contributed by atoms with van der Waals surface area (Å²) in [6, 6.07) is 42.8. The summed E-state index contributed by atoms with van der Waals surface area (Å²) in [5.74, 6) is 0. The molecule has 2 atom stereocenters. The Hall–Kier alpha value is -4.34. The number of hydrogen-bond donors (Lipinski definition) is 0. The Morgan fingerprint density at radius 1 is 0.538 bits per heavy atom. The highest BCUT2D eigenvalue weighted by atomic mass is 15.3. The van der Waals surface area contributed by atoms with Gasteiger partial charge in [-0.2, -0.15) is 0 Å². The van der Waals surface area contributed by atoms with Gasteiger partial charge in [0.15, 0.2) is 0 Å². The van der Waals surface area contributed by atoms with Gasteiger partial charge in [-0.1, -0.05) is 72.8 Å². The van der Waals surface area contributed by atoms with Gasteiger partial charge in [-0.15, -0.1) is 0 Å². The lowest BCUT2D eigenvalue weighted by atomic mass is 10.1. The summed E-state index contributed by atoms with van der Waals surface area (Å²) in [6.45, 7) is 8.04. The van der Waals surface area contributed by atoms with E-state index in [0.29, 0.717) is 6.04 Å². The van der Waals surface area contributed by atoms with E-state index in [4.69, 9.17) is 0 Å². The first kappa shape index (κ1) is 22.6. The fourth-order valence-corrected chi connectivity index (χ4v) is 6.64. The molecule has 0 aliphatic carbocycles. The van der Waals surface area contributed by atoms with Gasteiger partial charge in [0.25, 0.3) is 0 Å². The van der Waals surface area contributed by atoms with Crippen LogP contribution in [0.3, 0.4) is 0 Å². The number of rotatable bonds is 3. The van der Waals surface area contributed by atoms with Crippen molar-refractivity contribution in [2.75, 3.05) is 6.54 Å². The highest BCUT2D eigenvalue weighted by molar-refractivity contribution is 6.26. The summed E-state index contributed by atoms with van der Waals surface area (Å²) in [5, 5.41) is 5.16. The molecule has 39 heavy (non-hydrogen) atoms. The maximum Gasteiger partial charge on any atom is 0.0641 e. The number of fused-ring (bicyclic) bond motifs is 7. The average molecular weight is 506 g/mol. The number of nitrogens with zero attached hydrogens (tertiary/aromatic N) is 3. The molecule has 3 heteroatoms. The minimum atomic E-state index is 0.203. The molecule has 1 fully saturated rings. The molecule has 1 saturated heterocycles. The van der Waals surface area contributed by atoms with E-state index in [1.54, 1.807) is 0 Å². The van der Waals surface area contributed by atoms with E-state index in [-0.39, 0.29) is 5.54 Å². The van der Waals surface area contributed by atoms with Gasteiger partial charge in [0, 0.05) is 51.0 Å². The second-order valence-electron chi connectivity index (χ2n) is 11.8. The second kappa shape index (κ2) is 8.08. The van der Waals surface area contributed by atoms with Gasteiger partial charge in [-0.05, 0) is 68.8 Å². The van der Waals surface area contributed by atoms with Crippen LogP contribution < -0.4 is 0 Å². The zero-order valence-electron chi connectivity index (χ0n) is 22.6. The fraction of sp³-hybridized carbons (Fsp3) is 0.167. The Bertz CT molecular complexity index is 2020. The van der Waals surface area contributed by atoms with Crippen molar-refractivity contribution >= 4 is 43.6 Å². The van der Waals surface area contributed by atoms with Gasteiger partial charge in [0.2, 0.25) is 0 Å². The van der Waals surface area contributed by atoms with Crippen LogP contribution in [0.4, 0.5) is 0 Å². The third kappa shape index (κ3) is 3.33. The van der Waals surface area contributed by atoms with E-state index in [9.17, 15) is 0 Å².